The Hall–Kier alpha value is -4.13. The molecule has 0 fully saturated rings. The Bertz CT molecular complexity index is 1150. The van der Waals surface area contributed by atoms with E-state index in [4.69, 9.17) is 9.47 Å². The molecule has 0 bridgehead atoms. The maximum Gasteiger partial charge on any atom is 0.271 e. The number of hydrogen-bond donors (Lipinski definition) is 2. The van der Waals surface area contributed by atoms with Gasteiger partial charge in [-0.1, -0.05) is 17.7 Å². The van der Waals surface area contributed by atoms with E-state index in [9.17, 15) is 9.59 Å². The number of aryl methyl sites for hydroxylation is 1. The van der Waals surface area contributed by atoms with Crippen molar-refractivity contribution in [3.63, 3.8) is 0 Å². The highest BCUT2D eigenvalue weighted by Crippen LogP contribution is 2.25. The van der Waals surface area contributed by atoms with Crippen LogP contribution in [0.4, 0.5) is 5.69 Å². The molecule has 2 amide bonds. The van der Waals surface area contributed by atoms with Gasteiger partial charge >= 0.3 is 0 Å². The number of amides is 2. The van der Waals surface area contributed by atoms with Crippen molar-refractivity contribution < 1.29 is 19.1 Å². The molecule has 32 heavy (non-hydrogen) atoms. The van der Waals surface area contributed by atoms with E-state index in [1.807, 2.05) is 31.2 Å². The third-order valence-electron chi connectivity index (χ3n) is 4.81. The standard InChI is InChI=1S/C25H25N3O4/c1-16-6-5-7-19(14-16)24(29)26-20-10-8-18(9-11-20)25(30)28-27-17(2)22-13-12-21(31-3)15-23(22)32-4/h5-15H,1-4H3,(H,26,29)(H,28,30). The van der Waals surface area contributed by atoms with Crippen LogP contribution >= 0.6 is 0 Å². The molecular weight excluding hydrogens is 406 g/mol. The van der Waals surface area contributed by atoms with Gasteiger partial charge in [0.15, 0.2) is 0 Å². The fourth-order valence-corrected chi connectivity index (χ4v) is 3.05. The van der Waals surface area contributed by atoms with E-state index in [1.54, 1.807) is 63.6 Å². The summed E-state index contributed by atoms with van der Waals surface area (Å²) in [7, 11) is 3.14. The summed E-state index contributed by atoms with van der Waals surface area (Å²) in [5, 5.41) is 7.00. The molecule has 164 valence electrons. The number of ether oxygens (including phenoxy) is 2. The first-order valence-electron chi connectivity index (χ1n) is 9.96. The molecule has 3 aromatic rings. The first kappa shape index (κ1) is 22.6. The van der Waals surface area contributed by atoms with Crippen molar-refractivity contribution in [3.8, 4) is 11.5 Å². The molecule has 0 spiro atoms. The first-order valence-corrected chi connectivity index (χ1v) is 9.96. The summed E-state index contributed by atoms with van der Waals surface area (Å²) in [6, 6.07) is 19.3. The summed E-state index contributed by atoms with van der Waals surface area (Å²) in [5.41, 5.74) is 6.46. The Morgan fingerprint density at radius 3 is 2.25 bits per heavy atom. The summed E-state index contributed by atoms with van der Waals surface area (Å²) in [6.45, 7) is 3.70. The second-order valence-electron chi connectivity index (χ2n) is 7.11. The third kappa shape index (κ3) is 5.51. The van der Waals surface area contributed by atoms with Crippen molar-refractivity contribution in [3.05, 3.63) is 89.0 Å². The highest BCUT2D eigenvalue weighted by Gasteiger charge is 2.11. The van der Waals surface area contributed by atoms with Crippen LogP contribution in [0.2, 0.25) is 0 Å². The van der Waals surface area contributed by atoms with E-state index in [-0.39, 0.29) is 11.8 Å². The number of carbonyl (C=O) groups is 2. The lowest BCUT2D eigenvalue weighted by molar-refractivity contribution is 0.0954. The summed E-state index contributed by atoms with van der Waals surface area (Å²) < 4.78 is 10.6. The SMILES string of the molecule is COc1ccc(C(C)=NNC(=O)c2ccc(NC(=O)c3cccc(C)c3)cc2)c(OC)c1. The second-order valence-corrected chi connectivity index (χ2v) is 7.11. The molecule has 0 aliphatic carbocycles. The smallest absolute Gasteiger partial charge is 0.271 e. The van der Waals surface area contributed by atoms with Crippen LogP contribution < -0.4 is 20.2 Å². The minimum atomic E-state index is -0.367. The molecule has 0 radical (unpaired) electrons. The number of nitrogens with one attached hydrogen (secondary N) is 2. The Labute approximate surface area is 187 Å². The minimum absolute atomic E-state index is 0.209. The van der Waals surface area contributed by atoms with Gasteiger partial charge in [-0.15, -0.1) is 0 Å². The maximum atomic E-state index is 12.5. The number of hydrogen-bond acceptors (Lipinski definition) is 5. The van der Waals surface area contributed by atoms with Crippen LogP contribution in [-0.2, 0) is 0 Å². The normalized spacial score (nSPS) is 10.9. The molecule has 7 heteroatoms. The molecule has 0 saturated heterocycles. The van der Waals surface area contributed by atoms with Gasteiger partial charge in [0.05, 0.1) is 19.9 Å². The zero-order valence-electron chi connectivity index (χ0n) is 18.4. The van der Waals surface area contributed by atoms with E-state index in [2.05, 4.69) is 15.8 Å². The molecule has 0 aromatic heterocycles. The molecule has 2 N–H and O–H groups in total. The zero-order chi connectivity index (χ0) is 23.1. The van der Waals surface area contributed by atoms with Gasteiger partial charge < -0.3 is 14.8 Å². The van der Waals surface area contributed by atoms with Gasteiger partial charge in [0.1, 0.15) is 11.5 Å². The van der Waals surface area contributed by atoms with E-state index >= 15 is 0 Å². The minimum Gasteiger partial charge on any atom is -0.497 e. The average molecular weight is 431 g/mol. The summed E-state index contributed by atoms with van der Waals surface area (Å²) >= 11 is 0. The van der Waals surface area contributed by atoms with Crippen LogP contribution in [0.5, 0.6) is 11.5 Å². The molecule has 0 atom stereocenters. The maximum absolute atomic E-state index is 12.5. The number of methoxy groups -OCH3 is 2. The lowest BCUT2D eigenvalue weighted by atomic mass is 10.1. The Kier molecular flexibility index (Phi) is 7.23. The van der Waals surface area contributed by atoms with E-state index in [0.717, 1.165) is 11.1 Å². The monoisotopic (exact) mass is 431 g/mol. The molecule has 3 aromatic carbocycles. The van der Waals surface area contributed by atoms with Crippen molar-refractivity contribution in [1.29, 1.82) is 0 Å². The fourth-order valence-electron chi connectivity index (χ4n) is 3.05. The van der Waals surface area contributed by atoms with E-state index in [0.29, 0.717) is 34.0 Å². The van der Waals surface area contributed by atoms with Crippen LogP contribution in [0.1, 0.15) is 38.8 Å². The lowest BCUT2D eigenvalue weighted by Crippen LogP contribution is -2.19. The van der Waals surface area contributed by atoms with Crippen LogP contribution in [0.3, 0.4) is 0 Å². The van der Waals surface area contributed by atoms with Gasteiger partial charge in [-0.05, 0) is 62.4 Å². The molecule has 0 saturated carbocycles. The van der Waals surface area contributed by atoms with E-state index in [1.165, 1.54) is 0 Å². The highest BCUT2D eigenvalue weighted by atomic mass is 16.5. The molecular formula is C25H25N3O4. The predicted molar refractivity (Wildman–Crippen MR) is 125 cm³/mol. The summed E-state index contributed by atoms with van der Waals surface area (Å²) in [5.74, 6) is 0.679. The van der Waals surface area contributed by atoms with Crippen LogP contribution in [0, 0.1) is 6.92 Å². The Morgan fingerprint density at radius 2 is 1.59 bits per heavy atom. The van der Waals surface area contributed by atoms with Gasteiger partial charge in [-0.2, -0.15) is 5.10 Å². The zero-order valence-corrected chi connectivity index (χ0v) is 18.4. The van der Waals surface area contributed by atoms with Crippen molar-refractivity contribution in [1.82, 2.24) is 5.43 Å². The molecule has 0 unspecified atom stereocenters. The quantitative estimate of drug-likeness (QED) is 0.428. The van der Waals surface area contributed by atoms with Gasteiger partial charge in [0.2, 0.25) is 0 Å². The Morgan fingerprint density at radius 1 is 0.844 bits per heavy atom. The van der Waals surface area contributed by atoms with Gasteiger partial charge in [0, 0.05) is 28.4 Å². The van der Waals surface area contributed by atoms with Crippen LogP contribution in [-0.4, -0.2) is 31.7 Å². The van der Waals surface area contributed by atoms with Crippen molar-refractivity contribution in [2.24, 2.45) is 5.10 Å². The summed E-state index contributed by atoms with van der Waals surface area (Å²) in [6.07, 6.45) is 0. The lowest BCUT2D eigenvalue weighted by Gasteiger charge is -2.10. The van der Waals surface area contributed by atoms with Crippen molar-refractivity contribution in [2.45, 2.75) is 13.8 Å². The fraction of sp³-hybridized carbons (Fsp3) is 0.160. The highest BCUT2D eigenvalue weighted by molar-refractivity contribution is 6.05. The average Bonchev–Trinajstić information content (AvgIpc) is 2.82. The number of rotatable bonds is 7. The number of benzene rings is 3. The van der Waals surface area contributed by atoms with Crippen LogP contribution in [0.25, 0.3) is 0 Å². The van der Waals surface area contributed by atoms with Gasteiger partial charge in [0.25, 0.3) is 11.8 Å². The van der Waals surface area contributed by atoms with Crippen LogP contribution in [0.15, 0.2) is 71.8 Å². The molecule has 0 aliphatic heterocycles. The second kappa shape index (κ2) is 10.3. The molecule has 0 heterocycles. The number of nitrogens with zero attached hydrogens (tertiary/aromatic N) is 1. The largest absolute Gasteiger partial charge is 0.497 e. The molecule has 0 aliphatic rings. The van der Waals surface area contributed by atoms with Crippen molar-refractivity contribution in [2.75, 3.05) is 19.5 Å². The van der Waals surface area contributed by atoms with Crippen molar-refractivity contribution >= 4 is 23.2 Å². The number of carbonyl (C=O) groups excluding carboxylic acids is 2. The number of anilines is 1. The Balaban J connectivity index is 1.65. The van der Waals surface area contributed by atoms with Gasteiger partial charge in [-0.25, -0.2) is 5.43 Å². The van der Waals surface area contributed by atoms with Gasteiger partial charge in [-0.3, -0.25) is 9.59 Å². The summed E-state index contributed by atoms with van der Waals surface area (Å²) in [4.78, 5) is 24.8. The first-order chi connectivity index (χ1) is 15.4. The molecule has 3 rings (SSSR count). The third-order valence-corrected chi connectivity index (χ3v) is 4.81. The van der Waals surface area contributed by atoms with E-state index < -0.39 is 0 Å². The molecule has 7 nitrogen and oxygen atoms in total. The topological polar surface area (TPSA) is 89.0 Å². The number of hydrazone groups is 1. The predicted octanol–water partition coefficient (Wildman–Crippen LogP) is 4.42.